The standard InChI is InChI=1S/C21H45O8P/c1-2-3-4-5-6-7-8-9-10-11-12-13-14-15-27-17-21(24)19-29-30(25,26)28-18-20(23)16-22/h20-24H,2-19H2,1H3,(H,25,26). The van der Waals surface area contributed by atoms with E-state index < -0.39 is 39.9 Å². The van der Waals surface area contributed by atoms with Gasteiger partial charge in [0.2, 0.25) is 0 Å². The predicted octanol–water partition coefficient (Wildman–Crippen LogP) is 3.94. The van der Waals surface area contributed by atoms with Gasteiger partial charge < -0.3 is 24.9 Å². The first kappa shape index (κ1) is 29.9. The summed E-state index contributed by atoms with van der Waals surface area (Å²) in [5.41, 5.74) is 0. The van der Waals surface area contributed by atoms with Crippen molar-refractivity contribution in [2.45, 2.75) is 103 Å². The number of hydrogen-bond acceptors (Lipinski definition) is 7. The Hall–Kier alpha value is -0.0500. The SMILES string of the molecule is CCCCCCCCCCCCCCCOCC(O)COP(=O)(O)OCC(O)CO. The van der Waals surface area contributed by atoms with Gasteiger partial charge >= 0.3 is 7.82 Å². The molecule has 4 N–H and O–H groups in total. The second-order valence-corrected chi connectivity index (χ2v) is 9.32. The maximum atomic E-state index is 11.5. The Labute approximate surface area is 182 Å². The molecule has 182 valence electrons. The van der Waals surface area contributed by atoms with Gasteiger partial charge in [-0.25, -0.2) is 4.57 Å². The van der Waals surface area contributed by atoms with Crippen LogP contribution in [-0.2, 0) is 18.3 Å². The summed E-state index contributed by atoms with van der Waals surface area (Å²) in [5, 5.41) is 27.4. The van der Waals surface area contributed by atoms with Crippen LogP contribution >= 0.6 is 7.82 Å². The van der Waals surface area contributed by atoms with Crippen LogP contribution in [0.2, 0.25) is 0 Å². The lowest BCUT2D eigenvalue weighted by molar-refractivity contribution is -0.00437. The van der Waals surface area contributed by atoms with Gasteiger partial charge in [0.15, 0.2) is 0 Å². The highest BCUT2D eigenvalue weighted by Crippen LogP contribution is 2.43. The molecule has 0 fully saturated rings. The van der Waals surface area contributed by atoms with Crippen LogP contribution in [0.5, 0.6) is 0 Å². The first-order valence-electron chi connectivity index (χ1n) is 11.6. The summed E-state index contributed by atoms with van der Waals surface area (Å²) in [6, 6.07) is 0. The average Bonchev–Trinajstić information content (AvgIpc) is 2.73. The number of aliphatic hydroxyl groups excluding tert-OH is 3. The van der Waals surface area contributed by atoms with Crippen molar-refractivity contribution in [3.63, 3.8) is 0 Å². The zero-order valence-corrected chi connectivity index (χ0v) is 19.6. The summed E-state index contributed by atoms with van der Waals surface area (Å²) < 4.78 is 26.0. The van der Waals surface area contributed by atoms with E-state index in [0.717, 1.165) is 12.8 Å². The quantitative estimate of drug-likeness (QED) is 0.135. The lowest BCUT2D eigenvalue weighted by atomic mass is 10.0. The second kappa shape index (κ2) is 20.8. The molecule has 0 heterocycles. The van der Waals surface area contributed by atoms with Crippen molar-refractivity contribution in [3.8, 4) is 0 Å². The molecule has 0 radical (unpaired) electrons. The number of aliphatic hydroxyl groups is 3. The summed E-state index contributed by atoms with van der Waals surface area (Å²) in [4.78, 5) is 9.38. The fraction of sp³-hybridized carbons (Fsp3) is 1.00. The van der Waals surface area contributed by atoms with Crippen molar-refractivity contribution in [2.24, 2.45) is 0 Å². The molecule has 0 rings (SSSR count). The van der Waals surface area contributed by atoms with Gasteiger partial charge in [-0.05, 0) is 6.42 Å². The van der Waals surface area contributed by atoms with Gasteiger partial charge in [0, 0.05) is 6.61 Å². The van der Waals surface area contributed by atoms with Crippen LogP contribution in [-0.4, -0.2) is 65.5 Å². The highest BCUT2D eigenvalue weighted by Gasteiger charge is 2.24. The minimum atomic E-state index is -4.37. The molecule has 0 aliphatic carbocycles. The van der Waals surface area contributed by atoms with Crippen LogP contribution in [0.15, 0.2) is 0 Å². The van der Waals surface area contributed by atoms with E-state index >= 15 is 0 Å². The van der Waals surface area contributed by atoms with Gasteiger partial charge in [-0.15, -0.1) is 0 Å². The zero-order valence-electron chi connectivity index (χ0n) is 18.8. The molecule has 0 amide bonds. The molecule has 0 saturated carbocycles. The van der Waals surface area contributed by atoms with Crippen LogP contribution < -0.4 is 0 Å². The summed E-state index contributed by atoms with van der Waals surface area (Å²) in [7, 11) is -4.37. The van der Waals surface area contributed by atoms with Gasteiger partial charge in [-0.1, -0.05) is 84.0 Å². The molecule has 3 atom stereocenters. The van der Waals surface area contributed by atoms with Gasteiger partial charge in [-0.3, -0.25) is 9.05 Å². The highest BCUT2D eigenvalue weighted by molar-refractivity contribution is 7.47. The predicted molar refractivity (Wildman–Crippen MR) is 117 cm³/mol. The number of phosphoric ester groups is 1. The molecular formula is C21H45O8P. The lowest BCUT2D eigenvalue weighted by Gasteiger charge is -2.16. The van der Waals surface area contributed by atoms with Crippen molar-refractivity contribution in [1.29, 1.82) is 0 Å². The molecule has 0 spiro atoms. The van der Waals surface area contributed by atoms with E-state index in [1.54, 1.807) is 0 Å². The van der Waals surface area contributed by atoms with E-state index in [1.807, 2.05) is 0 Å². The van der Waals surface area contributed by atoms with Gasteiger partial charge in [0.1, 0.15) is 12.2 Å². The molecule has 0 aromatic heterocycles. The van der Waals surface area contributed by atoms with Crippen LogP contribution in [0.1, 0.15) is 90.4 Å². The van der Waals surface area contributed by atoms with Crippen molar-refractivity contribution in [3.05, 3.63) is 0 Å². The first-order valence-corrected chi connectivity index (χ1v) is 13.1. The molecular weight excluding hydrogens is 411 g/mol. The van der Waals surface area contributed by atoms with E-state index in [1.165, 1.54) is 70.6 Å². The van der Waals surface area contributed by atoms with E-state index in [9.17, 15) is 14.6 Å². The molecule has 8 nitrogen and oxygen atoms in total. The fourth-order valence-electron chi connectivity index (χ4n) is 2.94. The maximum Gasteiger partial charge on any atom is 0.472 e. The van der Waals surface area contributed by atoms with E-state index in [-0.39, 0.29) is 6.61 Å². The van der Waals surface area contributed by atoms with E-state index in [4.69, 9.17) is 14.9 Å². The molecule has 0 aliphatic rings. The Morgan fingerprint density at radius 2 is 1.13 bits per heavy atom. The van der Waals surface area contributed by atoms with Crippen LogP contribution in [0.3, 0.4) is 0 Å². The zero-order chi connectivity index (χ0) is 22.5. The van der Waals surface area contributed by atoms with E-state index in [0.29, 0.717) is 6.61 Å². The third-order valence-corrected chi connectivity index (χ3v) is 5.72. The third-order valence-electron chi connectivity index (χ3n) is 4.77. The van der Waals surface area contributed by atoms with Crippen LogP contribution in [0.4, 0.5) is 0 Å². The number of rotatable bonds is 23. The van der Waals surface area contributed by atoms with Crippen LogP contribution in [0.25, 0.3) is 0 Å². The topological polar surface area (TPSA) is 126 Å². The fourth-order valence-corrected chi connectivity index (χ4v) is 3.74. The molecule has 0 saturated heterocycles. The lowest BCUT2D eigenvalue weighted by Crippen LogP contribution is -2.23. The summed E-state index contributed by atoms with van der Waals surface area (Å²) in [6.07, 6.45) is 14.3. The minimum absolute atomic E-state index is 0.0114. The number of ether oxygens (including phenoxy) is 1. The van der Waals surface area contributed by atoms with E-state index in [2.05, 4.69) is 16.0 Å². The third kappa shape index (κ3) is 21.2. The normalized spacial score (nSPS) is 15.8. The van der Waals surface area contributed by atoms with Crippen molar-refractivity contribution in [2.75, 3.05) is 33.0 Å². The highest BCUT2D eigenvalue weighted by atomic mass is 31.2. The Morgan fingerprint density at radius 3 is 1.60 bits per heavy atom. The average molecular weight is 457 g/mol. The van der Waals surface area contributed by atoms with Crippen LogP contribution in [0, 0.1) is 0 Å². The van der Waals surface area contributed by atoms with Gasteiger partial charge in [-0.2, -0.15) is 0 Å². The Balaban J connectivity index is 3.39. The van der Waals surface area contributed by atoms with Crippen molar-refractivity contribution in [1.82, 2.24) is 0 Å². The molecule has 0 aromatic rings. The molecule has 9 heteroatoms. The summed E-state index contributed by atoms with van der Waals surface area (Å²) in [5.74, 6) is 0. The van der Waals surface area contributed by atoms with Gasteiger partial charge in [0.05, 0.1) is 26.4 Å². The molecule has 30 heavy (non-hydrogen) atoms. The smallest absolute Gasteiger partial charge is 0.394 e. The molecule has 3 unspecified atom stereocenters. The second-order valence-electron chi connectivity index (χ2n) is 7.87. The Kier molecular flexibility index (Phi) is 20.8. The summed E-state index contributed by atoms with van der Waals surface area (Å²) >= 11 is 0. The molecule has 0 aliphatic heterocycles. The monoisotopic (exact) mass is 456 g/mol. The number of unbranched alkanes of at least 4 members (excludes halogenated alkanes) is 12. The maximum absolute atomic E-state index is 11.5. The first-order chi connectivity index (χ1) is 14.4. The molecule has 0 aromatic carbocycles. The van der Waals surface area contributed by atoms with Crippen molar-refractivity contribution < 1.29 is 38.6 Å². The molecule has 0 bridgehead atoms. The van der Waals surface area contributed by atoms with Crippen molar-refractivity contribution >= 4 is 7.82 Å². The largest absolute Gasteiger partial charge is 0.472 e. The summed E-state index contributed by atoms with van der Waals surface area (Å²) in [6.45, 7) is 1.26. The van der Waals surface area contributed by atoms with Gasteiger partial charge in [0.25, 0.3) is 0 Å². The Morgan fingerprint density at radius 1 is 0.700 bits per heavy atom. The minimum Gasteiger partial charge on any atom is -0.394 e. The number of phosphoric acid groups is 1. The number of hydrogen-bond donors (Lipinski definition) is 4. The Bertz CT molecular complexity index is 410.